The quantitative estimate of drug-likeness (QED) is 0.664. The Morgan fingerprint density at radius 3 is 2.60 bits per heavy atom. The summed E-state index contributed by atoms with van der Waals surface area (Å²) in [4.78, 5) is 23.7. The standard InChI is InChI=1S/C15H10O5/c1-7-5-9(16)13-11(6-7)20-10-4-2-3-8(15(18)19)12(10)14(13)17/h2-6,16H,1H3,(H,18,19). The van der Waals surface area contributed by atoms with E-state index in [0.717, 1.165) is 5.56 Å². The minimum absolute atomic E-state index is 0.00296. The Kier molecular flexibility index (Phi) is 2.50. The highest BCUT2D eigenvalue weighted by Crippen LogP contribution is 2.28. The Morgan fingerprint density at radius 2 is 1.90 bits per heavy atom. The number of phenols is 1. The third kappa shape index (κ3) is 1.64. The molecule has 3 rings (SSSR count). The molecule has 0 saturated heterocycles. The lowest BCUT2D eigenvalue weighted by Crippen LogP contribution is -2.09. The lowest BCUT2D eigenvalue weighted by atomic mass is 10.0. The number of fused-ring (bicyclic) bond motifs is 2. The Morgan fingerprint density at radius 1 is 1.15 bits per heavy atom. The van der Waals surface area contributed by atoms with Gasteiger partial charge in [0.25, 0.3) is 0 Å². The molecule has 100 valence electrons. The number of carboxylic acids is 1. The van der Waals surface area contributed by atoms with Crippen molar-refractivity contribution in [2.45, 2.75) is 6.92 Å². The molecule has 0 unspecified atom stereocenters. The van der Waals surface area contributed by atoms with Crippen molar-refractivity contribution in [1.82, 2.24) is 0 Å². The number of hydrogen-bond donors (Lipinski definition) is 2. The highest BCUT2D eigenvalue weighted by Gasteiger charge is 2.17. The summed E-state index contributed by atoms with van der Waals surface area (Å²) in [7, 11) is 0. The van der Waals surface area contributed by atoms with Crippen LogP contribution in [-0.4, -0.2) is 16.2 Å². The van der Waals surface area contributed by atoms with Crippen LogP contribution in [0.2, 0.25) is 0 Å². The van der Waals surface area contributed by atoms with E-state index in [-0.39, 0.29) is 33.3 Å². The maximum absolute atomic E-state index is 12.5. The Hall–Kier alpha value is -2.82. The predicted molar refractivity (Wildman–Crippen MR) is 73.4 cm³/mol. The van der Waals surface area contributed by atoms with Crippen LogP contribution in [0.5, 0.6) is 5.75 Å². The molecule has 1 heterocycles. The van der Waals surface area contributed by atoms with Gasteiger partial charge in [0.05, 0.1) is 10.9 Å². The van der Waals surface area contributed by atoms with E-state index in [2.05, 4.69) is 0 Å². The molecule has 2 aromatic carbocycles. The van der Waals surface area contributed by atoms with Crippen molar-refractivity contribution in [2.75, 3.05) is 0 Å². The SMILES string of the molecule is Cc1cc(O)c2c(=O)c3c(C(=O)O)cccc3oc2c1. The van der Waals surface area contributed by atoms with Gasteiger partial charge in [0, 0.05) is 0 Å². The molecule has 0 fully saturated rings. The number of aromatic carboxylic acids is 1. The summed E-state index contributed by atoms with van der Waals surface area (Å²) in [6, 6.07) is 7.44. The van der Waals surface area contributed by atoms with Gasteiger partial charge in [-0.2, -0.15) is 0 Å². The van der Waals surface area contributed by atoms with Gasteiger partial charge in [0.15, 0.2) is 0 Å². The van der Waals surface area contributed by atoms with E-state index >= 15 is 0 Å². The van der Waals surface area contributed by atoms with Crippen LogP contribution in [0.3, 0.4) is 0 Å². The predicted octanol–water partition coefficient (Wildman–Crippen LogP) is 2.66. The molecule has 3 aromatic rings. The molecule has 0 bridgehead atoms. The van der Waals surface area contributed by atoms with Gasteiger partial charge < -0.3 is 14.6 Å². The van der Waals surface area contributed by atoms with E-state index in [0.29, 0.717) is 0 Å². The summed E-state index contributed by atoms with van der Waals surface area (Å²) in [6.07, 6.45) is 0. The zero-order valence-corrected chi connectivity index (χ0v) is 10.5. The molecule has 0 atom stereocenters. The highest BCUT2D eigenvalue weighted by molar-refractivity contribution is 6.05. The van der Waals surface area contributed by atoms with Crippen molar-refractivity contribution in [2.24, 2.45) is 0 Å². The third-order valence-corrected chi connectivity index (χ3v) is 3.16. The Labute approximate surface area is 112 Å². The number of aromatic hydroxyl groups is 1. The second-order valence-electron chi connectivity index (χ2n) is 4.57. The zero-order chi connectivity index (χ0) is 14.4. The van der Waals surface area contributed by atoms with Crippen LogP contribution in [0.15, 0.2) is 39.5 Å². The number of benzene rings is 2. The number of aryl methyl sites for hydroxylation is 1. The van der Waals surface area contributed by atoms with Crippen molar-refractivity contribution >= 4 is 27.9 Å². The molecular formula is C15H10O5. The van der Waals surface area contributed by atoms with Crippen molar-refractivity contribution in [3.05, 3.63) is 51.7 Å². The average Bonchev–Trinajstić information content (AvgIpc) is 2.36. The smallest absolute Gasteiger partial charge is 0.336 e. The van der Waals surface area contributed by atoms with Crippen LogP contribution < -0.4 is 5.43 Å². The van der Waals surface area contributed by atoms with Crippen LogP contribution >= 0.6 is 0 Å². The van der Waals surface area contributed by atoms with Gasteiger partial charge in [-0.05, 0) is 36.8 Å². The maximum atomic E-state index is 12.5. The van der Waals surface area contributed by atoms with Crippen molar-refractivity contribution in [3.8, 4) is 5.75 Å². The van der Waals surface area contributed by atoms with Crippen LogP contribution in [0.1, 0.15) is 15.9 Å². The van der Waals surface area contributed by atoms with E-state index in [1.54, 1.807) is 13.0 Å². The fraction of sp³-hybridized carbons (Fsp3) is 0.0667. The van der Waals surface area contributed by atoms with Gasteiger partial charge in [-0.15, -0.1) is 0 Å². The highest BCUT2D eigenvalue weighted by atomic mass is 16.4. The molecule has 0 saturated carbocycles. The summed E-state index contributed by atoms with van der Waals surface area (Å²) >= 11 is 0. The first-order chi connectivity index (χ1) is 9.49. The first kappa shape index (κ1) is 12.2. The summed E-state index contributed by atoms with van der Waals surface area (Å²) < 4.78 is 5.56. The van der Waals surface area contributed by atoms with E-state index in [1.807, 2.05) is 0 Å². The van der Waals surface area contributed by atoms with Gasteiger partial charge in [-0.25, -0.2) is 4.79 Å². The van der Waals surface area contributed by atoms with E-state index in [9.17, 15) is 14.7 Å². The molecule has 0 spiro atoms. The van der Waals surface area contributed by atoms with E-state index < -0.39 is 11.4 Å². The Bertz CT molecular complexity index is 921. The van der Waals surface area contributed by atoms with Gasteiger partial charge in [-0.3, -0.25) is 4.79 Å². The molecule has 5 heteroatoms. The summed E-state index contributed by atoms with van der Waals surface area (Å²) in [5, 5.41) is 19.0. The lowest BCUT2D eigenvalue weighted by Gasteiger charge is -2.06. The largest absolute Gasteiger partial charge is 0.507 e. The van der Waals surface area contributed by atoms with Crippen molar-refractivity contribution in [1.29, 1.82) is 0 Å². The molecule has 0 radical (unpaired) electrons. The summed E-state index contributed by atoms with van der Waals surface area (Å²) in [6.45, 7) is 1.76. The van der Waals surface area contributed by atoms with Crippen LogP contribution in [0, 0.1) is 6.92 Å². The number of carboxylic acid groups (broad SMARTS) is 1. The summed E-state index contributed by atoms with van der Waals surface area (Å²) in [5.41, 5.74) is 0.483. The number of phenolic OH excluding ortho intramolecular Hbond substituents is 1. The van der Waals surface area contributed by atoms with Crippen molar-refractivity contribution in [3.63, 3.8) is 0 Å². The van der Waals surface area contributed by atoms with Crippen LogP contribution in [0.25, 0.3) is 21.9 Å². The van der Waals surface area contributed by atoms with Crippen LogP contribution in [0.4, 0.5) is 0 Å². The van der Waals surface area contributed by atoms with E-state index in [4.69, 9.17) is 9.52 Å². The fourth-order valence-electron chi connectivity index (χ4n) is 2.32. The molecule has 0 aliphatic rings. The van der Waals surface area contributed by atoms with Gasteiger partial charge in [-0.1, -0.05) is 6.07 Å². The molecule has 2 N–H and O–H groups in total. The van der Waals surface area contributed by atoms with Gasteiger partial charge >= 0.3 is 5.97 Å². The first-order valence-corrected chi connectivity index (χ1v) is 5.91. The lowest BCUT2D eigenvalue weighted by molar-refractivity contribution is 0.0699. The second kappa shape index (κ2) is 4.09. The number of hydrogen-bond acceptors (Lipinski definition) is 4. The minimum Gasteiger partial charge on any atom is -0.507 e. The van der Waals surface area contributed by atoms with Gasteiger partial charge in [0.2, 0.25) is 5.43 Å². The van der Waals surface area contributed by atoms with E-state index in [1.165, 1.54) is 24.3 Å². The topological polar surface area (TPSA) is 87.7 Å². The molecule has 1 aromatic heterocycles. The molecule has 5 nitrogen and oxygen atoms in total. The molecule has 0 aliphatic heterocycles. The second-order valence-corrected chi connectivity index (χ2v) is 4.57. The van der Waals surface area contributed by atoms with Crippen molar-refractivity contribution < 1.29 is 19.4 Å². The molecular weight excluding hydrogens is 260 g/mol. The normalized spacial score (nSPS) is 11.1. The average molecular weight is 270 g/mol. The fourth-order valence-corrected chi connectivity index (χ4v) is 2.32. The number of rotatable bonds is 1. The maximum Gasteiger partial charge on any atom is 0.336 e. The number of carbonyl (C=O) groups is 1. The molecule has 0 amide bonds. The third-order valence-electron chi connectivity index (χ3n) is 3.16. The molecule has 20 heavy (non-hydrogen) atoms. The molecule has 0 aliphatic carbocycles. The van der Waals surface area contributed by atoms with Gasteiger partial charge in [0.1, 0.15) is 22.3 Å². The zero-order valence-electron chi connectivity index (χ0n) is 10.5. The Balaban J connectivity index is 2.62. The van der Waals surface area contributed by atoms with Crippen LogP contribution in [-0.2, 0) is 0 Å². The minimum atomic E-state index is -1.21. The monoisotopic (exact) mass is 270 g/mol. The first-order valence-electron chi connectivity index (χ1n) is 5.91. The summed E-state index contributed by atoms with van der Waals surface area (Å²) in [5.74, 6) is -1.43.